The normalized spacial score (nSPS) is 11.2. The van der Waals surface area contributed by atoms with Crippen molar-refractivity contribution in [1.82, 2.24) is 0 Å². The highest BCUT2D eigenvalue weighted by molar-refractivity contribution is 9.10. The van der Waals surface area contributed by atoms with Crippen LogP contribution in [0.5, 0.6) is 0 Å². The fourth-order valence-corrected chi connectivity index (χ4v) is 3.72. The van der Waals surface area contributed by atoms with E-state index in [9.17, 15) is 13.2 Å². The monoisotopic (exact) mass is 450 g/mol. The molecular formula is C15H13BrCl2N2O3S. The number of nitrogens with zero attached hydrogens (tertiary/aromatic N) is 1. The van der Waals surface area contributed by atoms with E-state index < -0.39 is 15.9 Å². The maximum absolute atomic E-state index is 12.2. The largest absolute Gasteiger partial charge is 0.324 e. The predicted molar refractivity (Wildman–Crippen MR) is 101 cm³/mol. The van der Waals surface area contributed by atoms with Crippen molar-refractivity contribution < 1.29 is 13.2 Å². The molecule has 0 aliphatic carbocycles. The molecule has 1 N–H and O–H groups in total. The average molecular weight is 452 g/mol. The summed E-state index contributed by atoms with van der Waals surface area (Å²) >= 11 is 15.0. The van der Waals surface area contributed by atoms with Crippen LogP contribution in [-0.2, 0) is 14.8 Å². The van der Waals surface area contributed by atoms with E-state index in [0.29, 0.717) is 25.9 Å². The number of hydrogen-bond acceptors (Lipinski definition) is 3. The summed E-state index contributed by atoms with van der Waals surface area (Å²) in [6.45, 7) is -0.373. The van der Waals surface area contributed by atoms with Crippen molar-refractivity contribution in [3.8, 4) is 0 Å². The first-order valence-electron chi connectivity index (χ1n) is 6.65. The second-order valence-electron chi connectivity index (χ2n) is 4.90. The number of nitrogens with one attached hydrogen (secondary N) is 1. The van der Waals surface area contributed by atoms with Gasteiger partial charge in [0, 0.05) is 10.2 Å². The van der Waals surface area contributed by atoms with Gasteiger partial charge in [0.05, 0.1) is 22.0 Å². The van der Waals surface area contributed by atoms with Gasteiger partial charge in [0.1, 0.15) is 6.54 Å². The molecule has 0 aromatic heterocycles. The van der Waals surface area contributed by atoms with Gasteiger partial charge < -0.3 is 5.32 Å². The SMILES string of the molecule is CS(=O)(=O)N(CC(=O)Nc1ccc(Cl)c(Cl)c1)c1ccccc1Br. The Labute approximate surface area is 158 Å². The van der Waals surface area contributed by atoms with Gasteiger partial charge in [0.15, 0.2) is 0 Å². The first-order valence-corrected chi connectivity index (χ1v) is 10.1. The van der Waals surface area contributed by atoms with Gasteiger partial charge in [-0.15, -0.1) is 0 Å². The maximum Gasteiger partial charge on any atom is 0.245 e. The van der Waals surface area contributed by atoms with Gasteiger partial charge >= 0.3 is 0 Å². The Kier molecular flexibility index (Phi) is 6.14. The smallest absolute Gasteiger partial charge is 0.245 e. The number of anilines is 2. The molecule has 1 amide bonds. The lowest BCUT2D eigenvalue weighted by atomic mass is 10.3. The molecular weight excluding hydrogens is 439 g/mol. The Morgan fingerprint density at radius 3 is 2.42 bits per heavy atom. The number of carbonyl (C=O) groups is 1. The number of para-hydroxylation sites is 1. The fraction of sp³-hybridized carbons (Fsp3) is 0.133. The van der Waals surface area contributed by atoms with Crippen LogP contribution in [0.2, 0.25) is 10.0 Å². The minimum Gasteiger partial charge on any atom is -0.324 e. The zero-order valence-corrected chi connectivity index (χ0v) is 16.4. The van der Waals surface area contributed by atoms with Crippen LogP contribution in [0.25, 0.3) is 0 Å². The molecule has 2 aromatic carbocycles. The summed E-state index contributed by atoms with van der Waals surface area (Å²) in [5, 5.41) is 3.25. The molecule has 24 heavy (non-hydrogen) atoms. The predicted octanol–water partition coefficient (Wildman–Crippen LogP) is 4.16. The van der Waals surface area contributed by atoms with Crippen LogP contribution in [-0.4, -0.2) is 27.1 Å². The lowest BCUT2D eigenvalue weighted by Gasteiger charge is -2.23. The maximum atomic E-state index is 12.2. The molecule has 0 unspecified atom stereocenters. The van der Waals surface area contributed by atoms with Crippen molar-refractivity contribution in [2.24, 2.45) is 0 Å². The van der Waals surface area contributed by atoms with E-state index in [2.05, 4.69) is 21.2 Å². The summed E-state index contributed by atoms with van der Waals surface area (Å²) in [4.78, 5) is 12.2. The van der Waals surface area contributed by atoms with Gasteiger partial charge in [0.2, 0.25) is 15.9 Å². The van der Waals surface area contributed by atoms with Gasteiger partial charge in [-0.2, -0.15) is 0 Å². The molecule has 0 aliphatic heterocycles. The number of sulfonamides is 1. The van der Waals surface area contributed by atoms with Gasteiger partial charge in [-0.05, 0) is 46.3 Å². The van der Waals surface area contributed by atoms with Crippen LogP contribution >= 0.6 is 39.1 Å². The van der Waals surface area contributed by atoms with Crippen LogP contribution in [0, 0.1) is 0 Å². The van der Waals surface area contributed by atoms with Crippen molar-refractivity contribution >= 4 is 66.4 Å². The van der Waals surface area contributed by atoms with Crippen LogP contribution in [0.15, 0.2) is 46.9 Å². The summed E-state index contributed by atoms with van der Waals surface area (Å²) < 4.78 is 25.7. The summed E-state index contributed by atoms with van der Waals surface area (Å²) in [7, 11) is -3.65. The summed E-state index contributed by atoms with van der Waals surface area (Å²) in [6.07, 6.45) is 1.04. The fourth-order valence-electron chi connectivity index (χ4n) is 1.94. The lowest BCUT2D eigenvalue weighted by molar-refractivity contribution is -0.114. The molecule has 0 saturated carbocycles. The molecule has 0 fully saturated rings. The number of hydrogen-bond donors (Lipinski definition) is 1. The third-order valence-corrected chi connectivity index (χ3v) is 5.55. The summed E-state index contributed by atoms with van der Waals surface area (Å²) in [5.74, 6) is -0.505. The summed E-state index contributed by atoms with van der Waals surface area (Å²) in [6, 6.07) is 11.4. The highest BCUT2D eigenvalue weighted by Crippen LogP contribution is 2.28. The Hall–Kier alpha value is -1.28. The van der Waals surface area contributed by atoms with Crippen LogP contribution in [0.4, 0.5) is 11.4 Å². The van der Waals surface area contributed by atoms with Crippen molar-refractivity contribution in [2.45, 2.75) is 0 Å². The van der Waals surface area contributed by atoms with Gasteiger partial charge in [0.25, 0.3) is 0 Å². The van der Waals surface area contributed by atoms with Crippen LogP contribution in [0.1, 0.15) is 0 Å². The molecule has 0 radical (unpaired) electrons. The first-order chi connectivity index (χ1) is 11.2. The highest BCUT2D eigenvalue weighted by Gasteiger charge is 2.22. The third-order valence-electron chi connectivity index (χ3n) is 3.01. The molecule has 0 bridgehead atoms. The molecule has 0 saturated heterocycles. The number of benzene rings is 2. The van der Waals surface area contributed by atoms with Gasteiger partial charge in [-0.1, -0.05) is 35.3 Å². The van der Waals surface area contributed by atoms with Crippen molar-refractivity contribution in [1.29, 1.82) is 0 Å². The van der Waals surface area contributed by atoms with Crippen LogP contribution < -0.4 is 9.62 Å². The van der Waals surface area contributed by atoms with Crippen molar-refractivity contribution in [3.63, 3.8) is 0 Å². The van der Waals surface area contributed by atoms with E-state index in [1.807, 2.05) is 0 Å². The van der Waals surface area contributed by atoms with Gasteiger partial charge in [-0.3, -0.25) is 9.10 Å². The Morgan fingerprint density at radius 1 is 1.17 bits per heavy atom. The molecule has 5 nitrogen and oxygen atoms in total. The van der Waals surface area contributed by atoms with E-state index in [4.69, 9.17) is 23.2 Å². The number of rotatable bonds is 5. The minimum absolute atomic E-state index is 0.292. The van der Waals surface area contributed by atoms with Crippen LogP contribution in [0.3, 0.4) is 0 Å². The zero-order chi connectivity index (χ0) is 17.9. The number of carbonyl (C=O) groups excluding carboxylic acids is 1. The lowest BCUT2D eigenvalue weighted by Crippen LogP contribution is -2.37. The third kappa shape index (κ3) is 4.86. The Morgan fingerprint density at radius 2 is 1.83 bits per heavy atom. The zero-order valence-electron chi connectivity index (χ0n) is 12.5. The number of amides is 1. The quantitative estimate of drug-likeness (QED) is 0.741. The topological polar surface area (TPSA) is 66.5 Å². The average Bonchev–Trinajstić information content (AvgIpc) is 2.48. The van der Waals surface area contributed by atoms with E-state index in [1.54, 1.807) is 36.4 Å². The van der Waals surface area contributed by atoms with E-state index in [1.165, 1.54) is 6.07 Å². The molecule has 0 aliphatic rings. The number of halogens is 3. The molecule has 0 atom stereocenters. The van der Waals surface area contributed by atoms with E-state index in [0.717, 1.165) is 10.6 Å². The first kappa shape index (κ1) is 19.1. The van der Waals surface area contributed by atoms with E-state index >= 15 is 0 Å². The second-order valence-corrected chi connectivity index (χ2v) is 8.47. The molecule has 2 aromatic rings. The molecule has 2 rings (SSSR count). The Bertz CT molecular complexity index is 875. The highest BCUT2D eigenvalue weighted by atomic mass is 79.9. The molecule has 0 spiro atoms. The van der Waals surface area contributed by atoms with Crippen molar-refractivity contribution in [3.05, 3.63) is 57.0 Å². The standard InChI is InChI=1S/C15H13BrCl2N2O3S/c1-24(22,23)20(14-5-3-2-4-11(14)16)9-15(21)19-10-6-7-12(17)13(18)8-10/h2-8H,9H2,1H3,(H,19,21). The minimum atomic E-state index is -3.65. The summed E-state index contributed by atoms with van der Waals surface area (Å²) in [5.41, 5.74) is 0.805. The molecule has 0 heterocycles. The van der Waals surface area contributed by atoms with Crippen molar-refractivity contribution in [2.75, 3.05) is 22.4 Å². The van der Waals surface area contributed by atoms with Gasteiger partial charge in [-0.25, -0.2) is 8.42 Å². The Balaban J connectivity index is 2.22. The second kappa shape index (κ2) is 7.74. The molecule has 9 heteroatoms. The molecule has 128 valence electrons. The van der Waals surface area contributed by atoms with E-state index in [-0.39, 0.29) is 6.54 Å².